The lowest BCUT2D eigenvalue weighted by atomic mass is 10.3. The number of nitrogens with two attached hydrogens (primary N) is 1. The number of nitrogens with zero attached hydrogens (tertiary/aromatic N) is 2. The molecule has 0 aliphatic heterocycles. The summed E-state index contributed by atoms with van der Waals surface area (Å²) in [7, 11) is -2.18. The van der Waals surface area contributed by atoms with Crippen LogP contribution in [0, 0.1) is 0 Å². The van der Waals surface area contributed by atoms with Crippen molar-refractivity contribution in [3.05, 3.63) is 33.9 Å². The highest BCUT2D eigenvalue weighted by atomic mass is 79.9. The Kier molecular flexibility index (Phi) is 3.75. The second-order valence-electron chi connectivity index (χ2n) is 3.75. The van der Waals surface area contributed by atoms with E-state index in [4.69, 9.17) is 17.3 Å². The molecule has 0 aliphatic rings. The summed E-state index contributed by atoms with van der Waals surface area (Å²) >= 11 is 8.98. The van der Waals surface area contributed by atoms with E-state index in [9.17, 15) is 8.42 Å². The van der Waals surface area contributed by atoms with E-state index in [1.54, 1.807) is 13.1 Å². The van der Waals surface area contributed by atoms with Gasteiger partial charge in [0.1, 0.15) is 10.7 Å². The van der Waals surface area contributed by atoms with E-state index in [1.165, 1.54) is 23.0 Å². The van der Waals surface area contributed by atoms with E-state index in [0.29, 0.717) is 5.82 Å². The Labute approximate surface area is 123 Å². The van der Waals surface area contributed by atoms with Crippen molar-refractivity contribution in [2.24, 2.45) is 7.05 Å². The number of nitrogens with one attached hydrogen (secondary N) is 1. The highest BCUT2D eigenvalue weighted by molar-refractivity contribution is 9.10. The zero-order valence-corrected chi connectivity index (χ0v) is 12.9. The van der Waals surface area contributed by atoms with E-state index in [2.05, 4.69) is 25.8 Å². The molecule has 19 heavy (non-hydrogen) atoms. The maximum atomic E-state index is 12.3. The molecule has 0 fully saturated rings. The third kappa shape index (κ3) is 2.85. The van der Waals surface area contributed by atoms with Gasteiger partial charge in [-0.25, -0.2) is 8.42 Å². The fourth-order valence-electron chi connectivity index (χ4n) is 1.45. The second-order valence-corrected chi connectivity index (χ2v) is 6.63. The molecule has 0 aliphatic carbocycles. The van der Waals surface area contributed by atoms with Gasteiger partial charge in [-0.2, -0.15) is 5.10 Å². The van der Waals surface area contributed by atoms with Crippen molar-refractivity contribution >= 4 is 49.1 Å². The predicted molar refractivity (Wildman–Crippen MR) is 77.6 cm³/mol. The van der Waals surface area contributed by atoms with Gasteiger partial charge in [0.25, 0.3) is 10.0 Å². The van der Waals surface area contributed by atoms with Crippen LogP contribution in [0.2, 0.25) is 5.02 Å². The number of hydrogen-bond donors (Lipinski definition) is 2. The minimum absolute atomic E-state index is 0.0290. The minimum atomic E-state index is -3.80. The van der Waals surface area contributed by atoms with Crippen LogP contribution < -0.4 is 10.5 Å². The number of benzene rings is 1. The number of rotatable bonds is 3. The molecule has 0 saturated heterocycles. The van der Waals surface area contributed by atoms with Crippen molar-refractivity contribution in [2.75, 3.05) is 10.5 Å². The standard InChI is InChI=1S/C10H10BrClN4O2S/c1-16-9(2-3-14-16)15-19(17,18)8-5-6(12)4-7(13)10(8)11/h2-5,15H,13H2,1H3. The molecule has 102 valence electrons. The van der Waals surface area contributed by atoms with E-state index in [0.717, 1.165) is 0 Å². The van der Waals surface area contributed by atoms with Crippen LogP contribution in [0.25, 0.3) is 0 Å². The van der Waals surface area contributed by atoms with Crippen molar-refractivity contribution < 1.29 is 8.42 Å². The summed E-state index contributed by atoms with van der Waals surface area (Å²) in [5, 5.41) is 4.12. The maximum absolute atomic E-state index is 12.3. The molecule has 0 atom stereocenters. The topological polar surface area (TPSA) is 90.0 Å². The van der Waals surface area contributed by atoms with Crippen LogP contribution in [-0.4, -0.2) is 18.2 Å². The molecule has 0 amide bonds. The van der Waals surface area contributed by atoms with Gasteiger partial charge >= 0.3 is 0 Å². The van der Waals surface area contributed by atoms with Crippen molar-refractivity contribution in [2.45, 2.75) is 4.90 Å². The van der Waals surface area contributed by atoms with Gasteiger partial charge in [0.15, 0.2) is 0 Å². The summed E-state index contributed by atoms with van der Waals surface area (Å²) in [5.41, 5.74) is 5.93. The van der Waals surface area contributed by atoms with Gasteiger partial charge in [-0.3, -0.25) is 9.40 Å². The number of sulfonamides is 1. The zero-order chi connectivity index (χ0) is 14.2. The molecule has 0 unspecified atom stereocenters. The zero-order valence-electron chi connectivity index (χ0n) is 9.76. The molecule has 1 aromatic heterocycles. The molecule has 0 spiro atoms. The average molecular weight is 366 g/mol. The Morgan fingerprint density at radius 3 is 2.74 bits per heavy atom. The van der Waals surface area contributed by atoms with Gasteiger partial charge < -0.3 is 5.73 Å². The average Bonchev–Trinajstić information content (AvgIpc) is 2.69. The van der Waals surface area contributed by atoms with Crippen molar-refractivity contribution in [1.82, 2.24) is 9.78 Å². The fraction of sp³-hybridized carbons (Fsp3) is 0.100. The van der Waals surface area contributed by atoms with Gasteiger partial charge in [-0.15, -0.1) is 0 Å². The smallest absolute Gasteiger partial charge is 0.264 e. The van der Waals surface area contributed by atoms with Crippen molar-refractivity contribution in [3.8, 4) is 0 Å². The van der Waals surface area contributed by atoms with Crippen LogP contribution in [0.4, 0.5) is 11.5 Å². The van der Waals surface area contributed by atoms with Crippen LogP contribution in [0.1, 0.15) is 0 Å². The van der Waals surface area contributed by atoms with Gasteiger partial charge in [-0.1, -0.05) is 11.6 Å². The number of nitrogen functional groups attached to an aromatic ring is 1. The molecule has 3 N–H and O–H groups in total. The third-order valence-electron chi connectivity index (χ3n) is 2.38. The largest absolute Gasteiger partial charge is 0.398 e. The van der Waals surface area contributed by atoms with Crippen LogP contribution in [0.3, 0.4) is 0 Å². The van der Waals surface area contributed by atoms with Crippen LogP contribution >= 0.6 is 27.5 Å². The molecule has 9 heteroatoms. The van der Waals surface area contributed by atoms with E-state index in [1.807, 2.05) is 0 Å². The Morgan fingerprint density at radius 2 is 2.16 bits per heavy atom. The maximum Gasteiger partial charge on any atom is 0.264 e. The highest BCUT2D eigenvalue weighted by Crippen LogP contribution is 2.32. The Morgan fingerprint density at radius 1 is 1.47 bits per heavy atom. The molecule has 0 radical (unpaired) electrons. The lowest BCUT2D eigenvalue weighted by molar-refractivity contribution is 0.600. The van der Waals surface area contributed by atoms with Crippen LogP contribution in [-0.2, 0) is 17.1 Å². The predicted octanol–water partition coefficient (Wildman–Crippen LogP) is 2.22. The molecule has 1 aromatic carbocycles. The summed E-state index contributed by atoms with van der Waals surface area (Å²) in [6.45, 7) is 0. The van der Waals surface area contributed by atoms with Gasteiger partial charge in [-0.05, 0) is 28.1 Å². The first-order chi connectivity index (χ1) is 8.81. The Bertz CT molecular complexity index is 729. The number of halogens is 2. The molecular weight excluding hydrogens is 356 g/mol. The first kappa shape index (κ1) is 14.2. The van der Waals surface area contributed by atoms with E-state index in [-0.39, 0.29) is 20.1 Å². The Balaban J connectivity index is 2.49. The lowest BCUT2D eigenvalue weighted by Gasteiger charge is -2.11. The molecule has 2 aromatic rings. The second kappa shape index (κ2) is 5.03. The molecule has 0 saturated carbocycles. The van der Waals surface area contributed by atoms with Gasteiger partial charge in [0.2, 0.25) is 0 Å². The van der Waals surface area contributed by atoms with E-state index >= 15 is 0 Å². The Hall–Kier alpha value is -1.25. The quantitative estimate of drug-likeness (QED) is 0.816. The van der Waals surface area contributed by atoms with Crippen molar-refractivity contribution in [1.29, 1.82) is 0 Å². The highest BCUT2D eigenvalue weighted by Gasteiger charge is 2.21. The SMILES string of the molecule is Cn1nccc1NS(=O)(=O)c1cc(Cl)cc(N)c1Br. The summed E-state index contributed by atoms with van der Waals surface area (Å²) < 4.78 is 28.6. The first-order valence-corrected chi connectivity index (χ1v) is 7.72. The summed E-state index contributed by atoms with van der Waals surface area (Å²) in [6.07, 6.45) is 1.49. The normalized spacial score (nSPS) is 11.5. The van der Waals surface area contributed by atoms with Gasteiger partial charge in [0, 0.05) is 23.8 Å². The number of hydrogen-bond acceptors (Lipinski definition) is 4. The number of aryl methyl sites for hydroxylation is 1. The summed E-state index contributed by atoms with van der Waals surface area (Å²) in [4.78, 5) is -0.0290. The molecule has 0 bridgehead atoms. The minimum Gasteiger partial charge on any atom is -0.398 e. The van der Waals surface area contributed by atoms with Gasteiger partial charge in [0.05, 0.1) is 10.7 Å². The van der Waals surface area contributed by atoms with Crippen molar-refractivity contribution in [3.63, 3.8) is 0 Å². The third-order valence-corrected chi connectivity index (χ3v) is 5.13. The lowest BCUT2D eigenvalue weighted by Crippen LogP contribution is -2.16. The molecular formula is C10H10BrClN4O2S. The van der Waals surface area contributed by atoms with Crippen LogP contribution in [0.15, 0.2) is 33.8 Å². The molecule has 1 heterocycles. The molecule has 2 rings (SSSR count). The number of aromatic nitrogens is 2. The fourth-order valence-corrected chi connectivity index (χ4v) is 3.83. The summed E-state index contributed by atoms with van der Waals surface area (Å²) in [5.74, 6) is 0.338. The monoisotopic (exact) mass is 364 g/mol. The van der Waals surface area contributed by atoms with E-state index < -0.39 is 10.0 Å². The first-order valence-electron chi connectivity index (χ1n) is 5.06. The summed E-state index contributed by atoms with van der Waals surface area (Å²) in [6, 6.07) is 4.33. The molecule has 6 nitrogen and oxygen atoms in total. The van der Waals surface area contributed by atoms with Crippen LogP contribution in [0.5, 0.6) is 0 Å². The number of anilines is 2.